The van der Waals surface area contributed by atoms with Gasteiger partial charge in [0.05, 0.1) is 6.10 Å². The van der Waals surface area contributed by atoms with E-state index >= 15 is 0 Å². The van der Waals surface area contributed by atoms with E-state index in [1.807, 2.05) is 7.11 Å². The van der Waals surface area contributed by atoms with Gasteiger partial charge in [-0.15, -0.1) is 0 Å². The fraction of sp³-hybridized carbons (Fsp3) is 0.400. The van der Waals surface area contributed by atoms with Crippen molar-refractivity contribution in [3.8, 4) is 22.3 Å². The lowest BCUT2D eigenvalue weighted by molar-refractivity contribution is 0.0698. The smallest absolute Gasteiger partial charge is 0.0858 e. The molecule has 0 heterocycles. The van der Waals surface area contributed by atoms with Gasteiger partial charge >= 0.3 is 0 Å². The Labute approximate surface area is 187 Å². The molecule has 0 aromatic heterocycles. The SMILES string of the molecule is COC1c2c(c(-c3cc(C)cc(C)c3)c3c(c2-c2cc(C)cc(C)c2)CCC3)CC1C. The molecule has 0 amide bonds. The molecule has 0 fully saturated rings. The molecule has 3 aromatic rings. The molecule has 2 aliphatic rings. The van der Waals surface area contributed by atoms with E-state index in [0.717, 1.165) is 6.42 Å². The van der Waals surface area contributed by atoms with Gasteiger partial charge in [0, 0.05) is 7.11 Å². The van der Waals surface area contributed by atoms with Gasteiger partial charge in [-0.3, -0.25) is 0 Å². The standard InChI is InChI=1S/C30H34O/c1-17-10-18(2)13-22(12-17)27-24-8-7-9-25(24)28(23-14-19(3)11-20(4)15-23)29-26(27)16-21(5)30(29)31-6/h10-15,21,30H,7-9,16H2,1-6H3. The topological polar surface area (TPSA) is 9.23 Å². The monoisotopic (exact) mass is 410 g/mol. The van der Waals surface area contributed by atoms with Crippen LogP contribution in [0.3, 0.4) is 0 Å². The highest BCUT2D eigenvalue weighted by atomic mass is 16.5. The summed E-state index contributed by atoms with van der Waals surface area (Å²) in [5.74, 6) is 0.497. The van der Waals surface area contributed by atoms with Crippen molar-refractivity contribution in [3.63, 3.8) is 0 Å². The highest BCUT2D eigenvalue weighted by Gasteiger charge is 2.38. The van der Waals surface area contributed by atoms with Crippen LogP contribution in [0.1, 0.15) is 64.0 Å². The summed E-state index contributed by atoms with van der Waals surface area (Å²) in [6.07, 6.45) is 4.88. The van der Waals surface area contributed by atoms with Crippen LogP contribution in [0, 0.1) is 33.6 Å². The van der Waals surface area contributed by atoms with Gasteiger partial charge in [0.1, 0.15) is 0 Å². The first-order chi connectivity index (χ1) is 14.9. The van der Waals surface area contributed by atoms with E-state index < -0.39 is 0 Å². The largest absolute Gasteiger partial charge is 0.376 e. The van der Waals surface area contributed by atoms with E-state index in [0.29, 0.717) is 5.92 Å². The maximum absolute atomic E-state index is 6.17. The molecule has 160 valence electrons. The van der Waals surface area contributed by atoms with Crippen LogP contribution in [0.5, 0.6) is 0 Å². The fourth-order valence-corrected chi connectivity index (χ4v) is 6.43. The van der Waals surface area contributed by atoms with Crippen LogP contribution in [-0.2, 0) is 24.0 Å². The summed E-state index contributed by atoms with van der Waals surface area (Å²) in [4.78, 5) is 0. The Morgan fingerprint density at radius 3 is 1.68 bits per heavy atom. The average Bonchev–Trinajstić information content (AvgIpc) is 3.27. The van der Waals surface area contributed by atoms with Crippen molar-refractivity contribution in [2.45, 2.75) is 66.4 Å². The third-order valence-electron chi connectivity index (χ3n) is 7.32. The number of hydrogen-bond donors (Lipinski definition) is 0. The van der Waals surface area contributed by atoms with Crippen LogP contribution in [0.25, 0.3) is 22.3 Å². The lowest BCUT2D eigenvalue weighted by atomic mass is 9.82. The maximum Gasteiger partial charge on any atom is 0.0858 e. The Kier molecular flexibility index (Phi) is 5.06. The van der Waals surface area contributed by atoms with E-state index in [-0.39, 0.29) is 6.10 Å². The van der Waals surface area contributed by atoms with Crippen molar-refractivity contribution in [2.75, 3.05) is 7.11 Å². The van der Waals surface area contributed by atoms with Crippen LogP contribution < -0.4 is 0 Å². The van der Waals surface area contributed by atoms with Crippen LogP contribution in [0.2, 0.25) is 0 Å². The molecule has 0 saturated heterocycles. The molecular formula is C30H34O. The highest BCUT2D eigenvalue weighted by molar-refractivity contribution is 5.86. The van der Waals surface area contributed by atoms with E-state index in [2.05, 4.69) is 71.0 Å². The van der Waals surface area contributed by atoms with Gasteiger partial charge in [0.15, 0.2) is 0 Å². The molecule has 0 saturated carbocycles. The minimum Gasteiger partial charge on any atom is -0.376 e. The lowest BCUT2D eigenvalue weighted by Gasteiger charge is -2.24. The summed E-state index contributed by atoms with van der Waals surface area (Å²) in [5.41, 5.74) is 17.4. The second-order valence-electron chi connectivity index (χ2n) is 10.0. The number of rotatable bonds is 3. The Morgan fingerprint density at radius 1 is 0.677 bits per heavy atom. The molecule has 5 rings (SSSR count). The Morgan fingerprint density at radius 2 is 1.16 bits per heavy atom. The first-order valence-corrected chi connectivity index (χ1v) is 11.8. The van der Waals surface area contributed by atoms with Gasteiger partial charge in [-0.1, -0.05) is 65.6 Å². The van der Waals surface area contributed by atoms with Crippen molar-refractivity contribution in [1.29, 1.82) is 0 Å². The van der Waals surface area contributed by atoms with Gasteiger partial charge in [0.2, 0.25) is 0 Å². The van der Waals surface area contributed by atoms with Gasteiger partial charge in [-0.2, -0.15) is 0 Å². The van der Waals surface area contributed by atoms with E-state index in [4.69, 9.17) is 4.74 Å². The van der Waals surface area contributed by atoms with Crippen LogP contribution in [0.15, 0.2) is 36.4 Å². The molecule has 1 heteroatoms. The number of benzene rings is 3. The molecule has 0 radical (unpaired) electrons. The molecule has 0 spiro atoms. The zero-order chi connectivity index (χ0) is 21.9. The van der Waals surface area contributed by atoms with E-state index in [1.54, 1.807) is 16.7 Å². The predicted octanol–water partition coefficient (Wildman–Crippen LogP) is 7.62. The van der Waals surface area contributed by atoms with Crippen molar-refractivity contribution in [3.05, 3.63) is 80.9 Å². The first kappa shape index (κ1) is 20.5. The molecular weight excluding hydrogens is 376 g/mol. The number of methoxy groups -OCH3 is 1. The maximum atomic E-state index is 6.17. The van der Waals surface area contributed by atoms with Crippen LogP contribution in [0.4, 0.5) is 0 Å². The first-order valence-electron chi connectivity index (χ1n) is 11.8. The normalized spacial score (nSPS) is 19.5. The van der Waals surface area contributed by atoms with Crippen molar-refractivity contribution >= 4 is 0 Å². The van der Waals surface area contributed by atoms with Crippen LogP contribution in [-0.4, -0.2) is 7.11 Å². The second kappa shape index (κ2) is 7.64. The summed E-state index contributed by atoms with van der Waals surface area (Å²) < 4.78 is 6.17. The summed E-state index contributed by atoms with van der Waals surface area (Å²) in [7, 11) is 1.89. The predicted molar refractivity (Wildman–Crippen MR) is 131 cm³/mol. The molecule has 2 unspecified atom stereocenters. The quantitative estimate of drug-likeness (QED) is 0.431. The van der Waals surface area contributed by atoms with Gasteiger partial charge < -0.3 is 4.74 Å². The Balaban J connectivity index is 1.89. The molecule has 1 nitrogen and oxygen atoms in total. The second-order valence-corrected chi connectivity index (χ2v) is 10.0. The third-order valence-corrected chi connectivity index (χ3v) is 7.32. The molecule has 0 N–H and O–H groups in total. The van der Waals surface area contributed by atoms with Crippen molar-refractivity contribution < 1.29 is 4.74 Å². The molecule has 2 aliphatic carbocycles. The molecule has 0 aliphatic heterocycles. The molecule has 3 aromatic carbocycles. The summed E-state index contributed by atoms with van der Waals surface area (Å²) >= 11 is 0. The number of fused-ring (bicyclic) bond motifs is 2. The summed E-state index contributed by atoms with van der Waals surface area (Å²) in [6.45, 7) is 11.2. The summed E-state index contributed by atoms with van der Waals surface area (Å²) in [6, 6.07) is 14.1. The number of ether oxygens (including phenoxy) is 1. The Hall–Kier alpha value is -2.38. The van der Waals surface area contributed by atoms with Gasteiger partial charge in [-0.05, 0) is 104 Å². The summed E-state index contributed by atoms with van der Waals surface area (Å²) in [5, 5.41) is 0. The average molecular weight is 411 g/mol. The van der Waals surface area contributed by atoms with Gasteiger partial charge in [-0.25, -0.2) is 0 Å². The minimum absolute atomic E-state index is 0.168. The highest BCUT2D eigenvalue weighted by Crippen LogP contribution is 2.52. The zero-order valence-electron chi connectivity index (χ0n) is 19.9. The lowest BCUT2D eigenvalue weighted by Crippen LogP contribution is -2.08. The Bertz CT molecular complexity index is 1140. The minimum atomic E-state index is 0.168. The molecule has 2 atom stereocenters. The zero-order valence-corrected chi connectivity index (χ0v) is 19.9. The third kappa shape index (κ3) is 3.34. The van der Waals surface area contributed by atoms with Crippen molar-refractivity contribution in [1.82, 2.24) is 0 Å². The molecule has 0 bridgehead atoms. The van der Waals surface area contributed by atoms with E-state index in [1.165, 1.54) is 69.3 Å². The number of hydrogen-bond acceptors (Lipinski definition) is 1. The van der Waals surface area contributed by atoms with Gasteiger partial charge in [0.25, 0.3) is 0 Å². The van der Waals surface area contributed by atoms with E-state index in [9.17, 15) is 0 Å². The number of aryl methyl sites for hydroxylation is 4. The molecule has 31 heavy (non-hydrogen) atoms. The van der Waals surface area contributed by atoms with Crippen molar-refractivity contribution in [2.24, 2.45) is 5.92 Å². The fourth-order valence-electron chi connectivity index (χ4n) is 6.43. The van der Waals surface area contributed by atoms with Crippen LogP contribution >= 0.6 is 0 Å².